The molecule has 2 aliphatic heterocycles. The SMILES string of the molecule is O=[S@]1CC(F)(F)c2nc(N3CC4(CCC(c5ccc(Cl)cc5)CC4)C3)nc(NC3(CO)CCC3)c21. The van der Waals surface area contributed by atoms with Gasteiger partial charge in [-0.1, -0.05) is 23.7 Å². The van der Waals surface area contributed by atoms with E-state index in [4.69, 9.17) is 11.6 Å². The van der Waals surface area contributed by atoms with E-state index in [0.717, 1.165) is 63.1 Å². The number of nitrogens with one attached hydrogen (secondary N) is 1. The van der Waals surface area contributed by atoms with Crippen LogP contribution in [-0.2, 0) is 16.7 Å². The highest BCUT2D eigenvalue weighted by atomic mass is 35.5. The number of benzene rings is 1. The first kappa shape index (κ1) is 23.6. The fourth-order valence-electron chi connectivity index (χ4n) is 6.13. The Hall–Kier alpha value is -1.84. The predicted octanol–water partition coefficient (Wildman–Crippen LogP) is 4.83. The first-order valence-corrected chi connectivity index (χ1v) is 14.0. The fourth-order valence-corrected chi connectivity index (χ4v) is 7.59. The van der Waals surface area contributed by atoms with E-state index in [1.807, 2.05) is 17.0 Å². The molecule has 2 aliphatic carbocycles. The van der Waals surface area contributed by atoms with Crippen molar-refractivity contribution in [2.75, 3.05) is 35.7 Å². The lowest BCUT2D eigenvalue weighted by Gasteiger charge is -2.53. The summed E-state index contributed by atoms with van der Waals surface area (Å²) < 4.78 is 42.1. The maximum Gasteiger partial charge on any atom is 0.302 e. The Bertz CT molecular complexity index is 1150. The lowest BCUT2D eigenvalue weighted by atomic mass is 9.65. The normalized spacial score (nSPS) is 26.2. The highest BCUT2D eigenvalue weighted by molar-refractivity contribution is 7.85. The molecule has 4 aliphatic rings. The third kappa shape index (κ3) is 4.03. The van der Waals surface area contributed by atoms with E-state index in [0.29, 0.717) is 5.92 Å². The topological polar surface area (TPSA) is 78.4 Å². The van der Waals surface area contributed by atoms with E-state index in [9.17, 15) is 18.1 Å². The zero-order valence-electron chi connectivity index (χ0n) is 19.4. The van der Waals surface area contributed by atoms with Crippen LogP contribution < -0.4 is 10.2 Å². The van der Waals surface area contributed by atoms with Crippen molar-refractivity contribution in [3.63, 3.8) is 0 Å². The lowest BCUT2D eigenvalue weighted by molar-refractivity contribution is 0.0190. The van der Waals surface area contributed by atoms with Crippen molar-refractivity contribution in [3.05, 3.63) is 40.5 Å². The molecule has 1 aromatic carbocycles. The first-order chi connectivity index (χ1) is 16.7. The molecule has 2 N–H and O–H groups in total. The molecule has 10 heteroatoms. The maximum absolute atomic E-state index is 14.7. The third-order valence-electron chi connectivity index (χ3n) is 8.46. The third-order valence-corrected chi connectivity index (χ3v) is 10.2. The van der Waals surface area contributed by atoms with Gasteiger partial charge in [-0.15, -0.1) is 0 Å². The Labute approximate surface area is 210 Å². The zero-order chi connectivity index (χ0) is 24.4. The first-order valence-electron chi connectivity index (χ1n) is 12.3. The van der Waals surface area contributed by atoms with Gasteiger partial charge in [-0.3, -0.25) is 4.21 Å². The van der Waals surface area contributed by atoms with Crippen molar-refractivity contribution in [3.8, 4) is 0 Å². The van der Waals surface area contributed by atoms with Crippen LogP contribution in [0.15, 0.2) is 29.2 Å². The van der Waals surface area contributed by atoms with E-state index >= 15 is 0 Å². The number of fused-ring (bicyclic) bond motifs is 1. The summed E-state index contributed by atoms with van der Waals surface area (Å²) in [6.45, 7) is 1.35. The number of rotatable bonds is 5. The second-order valence-electron chi connectivity index (χ2n) is 10.8. The van der Waals surface area contributed by atoms with Gasteiger partial charge in [-0.25, -0.2) is 4.98 Å². The highest BCUT2D eigenvalue weighted by Crippen LogP contribution is 2.50. The average molecular weight is 523 g/mol. The Morgan fingerprint density at radius 3 is 2.40 bits per heavy atom. The van der Waals surface area contributed by atoms with Gasteiger partial charge in [0.15, 0.2) is 0 Å². The summed E-state index contributed by atoms with van der Waals surface area (Å²) in [7, 11) is -1.88. The van der Waals surface area contributed by atoms with Crippen LogP contribution in [-0.4, -0.2) is 50.3 Å². The molecule has 3 heterocycles. The van der Waals surface area contributed by atoms with Gasteiger partial charge >= 0.3 is 5.92 Å². The number of aliphatic hydroxyl groups is 1. The van der Waals surface area contributed by atoms with E-state index < -0.39 is 33.7 Å². The molecule has 3 fully saturated rings. The highest BCUT2D eigenvalue weighted by Gasteiger charge is 2.51. The molecule has 0 unspecified atom stereocenters. The van der Waals surface area contributed by atoms with Crippen LogP contribution in [0.5, 0.6) is 0 Å². The maximum atomic E-state index is 14.7. The van der Waals surface area contributed by atoms with Gasteiger partial charge in [-0.05, 0) is 68.6 Å². The molecular formula is C25H29ClF2N4O2S. The fraction of sp³-hybridized carbons (Fsp3) is 0.600. The Kier molecular flexibility index (Phi) is 5.62. The van der Waals surface area contributed by atoms with E-state index in [2.05, 4.69) is 27.4 Å². The van der Waals surface area contributed by atoms with E-state index in [-0.39, 0.29) is 28.7 Å². The minimum absolute atomic E-state index is 0.00261. The molecule has 1 aromatic heterocycles. The average Bonchev–Trinajstić information content (AvgIpc) is 3.03. The van der Waals surface area contributed by atoms with Crippen molar-refractivity contribution in [1.82, 2.24) is 9.97 Å². The number of anilines is 2. The number of aliphatic hydroxyl groups excluding tert-OH is 1. The number of hydrogen-bond donors (Lipinski definition) is 2. The number of aromatic nitrogens is 2. The molecule has 2 aromatic rings. The zero-order valence-corrected chi connectivity index (χ0v) is 21.0. The van der Waals surface area contributed by atoms with Gasteiger partial charge in [0.25, 0.3) is 0 Å². The number of alkyl halides is 2. The molecular weight excluding hydrogens is 494 g/mol. The smallest absolute Gasteiger partial charge is 0.302 e. The largest absolute Gasteiger partial charge is 0.394 e. The summed E-state index contributed by atoms with van der Waals surface area (Å²) in [5.74, 6) is -3.04. The summed E-state index contributed by atoms with van der Waals surface area (Å²) in [4.78, 5) is 10.8. The molecule has 35 heavy (non-hydrogen) atoms. The van der Waals surface area contributed by atoms with Crippen molar-refractivity contribution in [2.45, 2.75) is 67.2 Å². The molecule has 2 saturated carbocycles. The summed E-state index contributed by atoms with van der Waals surface area (Å²) in [6, 6.07) is 8.10. The van der Waals surface area contributed by atoms with E-state index in [1.165, 1.54) is 5.56 Å². The van der Waals surface area contributed by atoms with Gasteiger partial charge in [0.05, 0.1) is 28.7 Å². The summed E-state index contributed by atoms with van der Waals surface area (Å²) in [6.07, 6.45) is 6.71. The second kappa shape index (κ2) is 8.35. The molecule has 1 spiro atoms. The van der Waals surface area contributed by atoms with Gasteiger partial charge in [0, 0.05) is 23.5 Å². The van der Waals surface area contributed by atoms with Crippen molar-refractivity contribution < 1.29 is 18.1 Å². The molecule has 0 radical (unpaired) electrons. The van der Waals surface area contributed by atoms with Crippen molar-refractivity contribution in [2.24, 2.45) is 5.41 Å². The van der Waals surface area contributed by atoms with Crippen LogP contribution in [0.3, 0.4) is 0 Å². The second-order valence-corrected chi connectivity index (χ2v) is 12.7. The van der Waals surface area contributed by atoms with Crippen molar-refractivity contribution >= 4 is 34.2 Å². The van der Waals surface area contributed by atoms with Gasteiger partial charge in [0.2, 0.25) is 5.95 Å². The standard InChI is InChI=1S/C25H29ClF2N4O2S/c26-18-4-2-16(3-5-18)17-6-10-23(11-7-17)12-32(13-23)22-29-20-19(35(34)15-25(20,27)28)21(30-22)31-24(14-33)8-1-9-24/h2-5,17,33H,1,6-15H2,(H,29,30,31)/t35-/m0/s1. The quantitative estimate of drug-likeness (QED) is 0.585. The van der Waals surface area contributed by atoms with Gasteiger partial charge < -0.3 is 15.3 Å². The van der Waals surface area contributed by atoms with Crippen LogP contribution in [0.2, 0.25) is 5.02 Å². The van der Waals surface area contributed by atoms with Crippen LogP contribution in [0, 0.1) is 5.41 Å². The van der Waals surface area contributed by atoms with Gasteiger partial charge in [-0.2, -0.15) is 13.8 Å². The summed E-state index contributed by atoms with van der Waals surface area (Å²) >= 11 is 6.03. The summed E-state index contributed by atoms with van der Waals surface area (Å²) in [5.41, 5.74) is 0.465. The number of halogens is 3. The molecule has 0 bridgehead atoms. The Morgan fingerprint density at radius 1 is 1.11 bits per heavy atom. The van der Waals surface area contributed by atoms with Crippen LogP contribution in [0.4, 0.5) is 20.5 Å². The van der Waals surface area contributed by atoms with Crippen LogP contribution in [0.1, 0.15) is 62.1 Å². The molecule has 188 valence electrons. The Morgan fingerprint density at radius 2 is 1.80 bits per heavy atom. The molecule has 6 nitrogen and oxygen atoms in total. The van der Waals surface area contributed by atoms with Crippen LogP contribution >= 0.6 is 11.6 Å². The van der Waals surface area contributed by atoms with Crippen molar-refractivity contribution in [1.29, 1.82) is 0 Å². The molecule has 0 amide bonds. The lowest BCUT2D eigenvalue weighted by Crippen LogP contribution is -2.58. The van der Waals surface area contributed by atoms with E-state index in [1.54, 1.807) is 0 Å². The number of hydrogen-bond acceptors (Lipinski definition) is 6. The molecule has 6 rings (SSSR count). The monoisotopic (exact) mass is 522 g/mol. The number of nitrogens with zero attached hydrogens (tertiary/aromatic N) is 3. The van der Waals surface area contributed by atoms with Gasteiger partial charge in [0.1, 0.15) is 16.4 Å². The Balaban J connectivity index is 1.21. The summed E-state index contributed by atoms with van der Waals surface area (Å²) in [5, 5.41) is 13.8. The predicted molar refractivity (Wildman–Crippen MR) is 132 cm³/mol. The van der Waals surface area contributed by atoms with Crippen LogP contribution in [0.25, 0.3) is 0 Å². The molecule has 1 atom stereocenters. The molecule has 1 saturated heterocycles. The minimum atomic E-state index is -3.25. The minimum Gasteiger partial charge on any atom is -0.394 e.